The maximum Gasteiger partial charge on any atom is 0.257 e. The van der Waals surface area contributed by atoms with Crippen LogP contribution in [-0.2, 0) is 14.3 Å². The molecule has 0 N–H and O–H groups in total. The molecule has 0 radical (unpaired) electrons. The van der Waals surface area contributed by atoms with Crippen LogP contribution in [0, 0.1) is 5.92 Å². The monoisotopic (exact) mass is 277 g/mol. The minimum absolute atomic E-state index is 0.0195. The van der Waals surface area contributed by atoms with Gasteiger partial charge in [0.05, 0.1) is 18.2 Å². The summed E-state index contributed by atoms with van der Waals surface area (Å²) in [6, 6.07) is 0.149. The van der Waals surface area contributed by atoms with E-state index < -0.39 is 0 Å². The highest BCUT2D eigenvalue weighted by molar-refractivity contribution is 6.21. The van der Waals surface area contributed by atoms with Gasteiger partial charge in [-0.3, -0.25) is 9.59 Å². The number of rotatable bonds is 3. The second-order valence-electron chi connectivity index (χ2n) is 6.22. The Labute approximate surface area is 120 Å². The first kappa shape index (κ1) is 13.8. The normalized spacial score (nSPS) is 30.1. The first-order valence-corrected chi connectivity index (χ1v) is 7.78. The molecule has 0 aromatic rings. The first-order chi connectivity index (χ1) is 9.72. The van der Waals surface area contributed by atoms with Gasteiger partial charge >= 0.3 is 0 Å². The van der Waals surface area contributed by atoms with Crippen molar-refractivity contribution in [2.75, 3.05) is 20.3 Å². The summed E-state index contributed by atoms with van der Waals surface area (Å²) in [5.74, 6) is 0.424. The molecule has 4 nitrogen and oxygen atoms in total. The second kappa shape index (κ2) is 5.68. The third-order valence-electron chi connectivity index (χ3n) is 4.98. The van der Waals surface area contributed by atoms with Gasteiger partial charge in [-0.05, 0) is 38.0 Å². The largest absolute Gasteiger partial charge is 0.383 e. The number of amides is 1. The van der Waals surface area contributed by atoms with Gasteiger partial charge in [0, 0.05) is 20.1 Å². The van der Waals surface area contributed by atoms with Crippen molar-refractivity contribution in [1.82, 2.24) is 4.90 Å². The molecular formula is C16H23NO3. The lowest BCUT2D eigenvalue weighted by Gasteiger charge is -2.26. The van der Waals surface area contributed by atoms with Crippen LogP contribution >= 0.6 is 0 Å². The number of Topliss-reactive ketones (excluding diaryl/α,β-unsaturated/α-hetero) is 1. The van der Waals surface area contributed by atoms with Crippen molar-refractivity contribution in [2.24, 2.45) is 5.92 Å². The second-order valence-corrected chi connectivity index (χ2v) is 6.22. The van der Waals surface area contributed by atoms with Crippen molar-refractivity contribution in [3.05, 3.63) is 11.1 Å². The molecule has 20 heavy (non-hydrogen) atoms. The fraction of sp³-hybridized carbons (Fsp3) is 0.750. The number of ether oxygens (including phenoxy) is 1. The van der Waals surface area contributed by atoms with Crippen molar-refractivity contribution < 1.29 is 14.3 Å². The average molecular weight is 277 g/mol. The van der Waals surface area contributed by atoms with Gasteiger partial charge in [0.1, 0.15) is 0 Å². The summed E-state index contributed by atoms with van der Waals surface area (Å²) >= 11 is 0. The third-order valence-corrected chi connectivity index (χ3v) is 4.98. The number of hydrogen-bond donors (Lipinski definition) is 0. The lowest BCUT2D eigenvalue weighted by molar-refractivity contribution is -0.131. The molecule has 0 bridgehead atoms. The summed E-state index contributed by atoms with van der Waals surface area (Å²) in [6.45, 7) is 1.34. The quantitative estimate of drug-likeness (QED) is 0.742. The summed E-state index contributed by atoms with van der Waals surface area (Å²) in [7, 11) is 1.67. The van der Waals surface area contributed by atoms with Gasteiger partial charge in [-0.25, -0.2) is 0 Å². The molecule has 2 fully saturated rings. The Morgan fingerprint density at radius 2 is 2.15 bits per heavy atom. The summed E-state index contributed by atoms with van der Waals surface area (Å²) in [4.78, 5) is 26.9. The van der Waals surface area contributed by atoms with E-state index in [9.17, 15) is 9.59 Å². The van der Waals surface area contributed by atoms with Gasteiger partial charge < -0.3 is 9.64 Å². The van der Waals surface area contributed by atoms with E-state index in [0.29, 0.717) is 24.5 Å². The van der Waals surface area contributed by atoms with Crippen molar-refractivity contribution in [2.45, 2.75) is 51.0 Å². The van der Waals surface area contributed by atoms with Crippen LogP contribution in [0.4, 0.5) is 0 Å². The number of nitrogens with zero attached hydrogens (tertiary/aromatic N) is 1. The highest BCUT2D eigenvalue weighted by atomic mass is 16.5. The van der Waals surface area contributed by atoms with Crippen LogP contribution in [0.15, 0.2) is 11.1 Å². The number of likely N-dealkylation sites (tertiary alicyclic amines) is 1. The van der Waals surface area contributed by atoms with E-state index in [1.54, 1.807) is 7.11 Å². The van der Waals surface area contributed by atoms with Gasteiger partial charge in [0.2, 0.25) is 0 Å². The molecule has 2 atom stereocenters. The molecule has 0 aromatic heterocycles. The molecule has 110 valence electrons. The van der Waals surface area contributed by atoms with Gasteiger partial charge in [-0.15, -0.1) is 0 Å². The molecule has 3 rings (SSSR count). The maximum atomic E-state index is 12.8. The SMILES string of the molecule is COC[C@@H]1CCCN1C(=O)C1=C2CCCCC2CC1=O. The van der Waals surface area contributed by atoms with Crippen LogP contribution in [0.2, 0.25) is 0 Å². The Morgan fingerprint density at radius 3 is 2.95 bits per heavy atom. The Hall–Kier alpha value is -1.16. The van der Waals surface area contributed by atoms with E-state index in [1.165, 1.54) is 6.42 Å². The summed E-state index contributed by atoms with van der Waals surface area (Å²) < 4.78 is 5.21. The van der Waals surface area contributed by atoms with Crippen molar-refractivity contribution in [1.29, 1.82) is 0 Å². The molecule has 0 spiro atoms. The zero-order valence-corrected chi connectivity index (χ0v) is 12.2. The number of fused-ring (bicyclic) bond motifs is 1. The van der Waals surface area contributed by atoms with Gasteiger partial charge in [0.25, 0.3) is 5.91 Å². The number of methoxy groups -OCH3 is 1. The van der Waals surface area contributed by atoms with E-state index >= 15 is 0 Å². The average Bonchev–Trinajstić information content (AvgIpc) is 3.02. The topological polar surface area (TPSA) is 46.6 Å². The number of hydrogen-bond acceptors (Lipinski definition) is 3. The molecule has 3 aliphatic rings. The Bertz CT molecular complexity index is 455. The van der Waals surface area contributed by atoms with E-state index in [1.807, 2.05) is 4.90 Å². The molecule has 1 amide bonds. The minimum Gasteiger partial charge on any atom is -0.383 e. The van der Waals surface area contributed by atoms with E-state index in [0.717, 1.165) is 44.2 Å². The van der Waals surface area contributed by atoms with Crippen molar-refractivity contribution in [3.63, 3.8) is 0 Å². The fourth-order valence-corrected chi connectivity index (χ4v) is 4.01. The van der Waals surface area contributed by atoms with E-state index in [4.69, 9.17) is 4.74 Å². The highest BCUT2D eigenvalue weighted by Gasteiger charge is 2.40. The Morgan fingerprint density at radius 1 is 1.30 bits per heavy atom. The zero-order valence-electron chi connectivity index (χ0n) is 12.2. The number of carbonyl (C=O) groups is 2. The van der Waals surface area contributed by atoms with E-state index in [2.05, 4.69) is 0 Å². The zero-order chi connectivity index (χ0) is 14.1. The first-order valence-electron chi connectivity index (χ1n) is 7.78. The molecule has 4 heteroatoms. The molecule has 1 unspecified atom stereocenters. The fourth-order valence-electron chi connectivity index (χ4n) is 4.01. The Kier molecular flexibility index (Phi) is 3.92. The standard InChI is InChI=1S/C16H23NO3/c1-20-10-12-6-4-8-17(12)16(19)15-13-7-3-2-5-11(13)9-14(15)18/h11-12H,2-10H2,1H3/t11?,12-/m0/s1. The predicted molar refractivity (Wildman–Crippen MR) is 75.2 cm³/mol. The summed E-state index contributed by atoms with van der Waals surface area (Å²) in [6.07, 6.45) is 6.91. The van der Waals surface area contributed by atoms with Crippen LogP contribution in [0.25, 0.3) is 0 Å². The number of allylic oxidation sites excluding steroid dienone is 1. The van der Waals surface area contributed by atoms with Crippen LogP contribution in [0.3, 0.4) is 0 Å². The summed E-state index contributed by atoms with van der Waals surface area (Å²) in [5.41, 5.74) is 1.70. The molecule has 1 heterocycles. The number of carbonyl (C=O) groups excluding carboxylic acids is 2. The summed E-state index contributed by atoms with van der Waals surface area (Å²) in [5, 5.41) is 0. The lowest BCUT2D eigenvalue weighted by Crippen LogP contribution is -2.40. The lowest BCUT2D eigenvalue weighted by atomic mass is 9.85. The molecule has 0 aromatic carbocycles. The molecule has 1 saturated carbocycles. The van der Waals surface area contributed by atoms with Gasteiger partial charge in [0.15, 0.2) is 5.78 Å². The van der Waals surface area contributed by atoms with Crippen LogP contribution in [-0.4, -0.2) is 42.9 Å². The van der Waals surface area contributed by atoms with Crippen LogP contribution < -0.4 is 0 Å². The maximum absolute atomic E-state index is 12.8. The van der Waals surface area contributed by atoms with Gasteiger partial charge in [-0.1, -0.05) is 12.0 Å². The molecule has 2 aliphatic carbocycles. The van der Waals surface area contributed by atoms with Crippen LogP contribution in [0.1, 0.15) is 44.9 Å². The van der Waals surface area contributed by atoms with Crippen LogP contribution in [0.5, 0.6) is 0 Å². The smallest absolute Gasteiger partial charge is 0.257 e. The molecule has 1 aliphatic heterocycles. The minimum atomic E-state index is -0.0195. The number of ketones is 1. The predicted octanol–water partition coefficient (Wildman–Crippen LogP) is 2.08. The highest BCUT2D eigenvalue weighted by Crippen LogP contribution is 2.41. The van der Waals surface area contributed by atoms with E-state index in [-0.39, 0.29) is 17.7 Å². The Balaban J connectivity index is 1.83. The molecular weight excluding hydrogens is 254 g/mol. The van der Waals surface area contributed by atoms with Gasteiger partial charge in [-0.2, -0.15) is 0 Å². The van der Waals surface area contributed by atoms with Crippen molar-refractivity contribution in [3.8, 4) is 0 Å². The third kappa shape index (κ3) is 2.30. The van der Waals surface area contributed by atoms with Crippen molar-refractivity contribution >= 4 is 11.7 Å². The molecule has 1 saturated heterocycles.